The van der Waals surface area contributed by atoms with Gasteiger partial charge in [-0.2, -0.15) is 13.2 Å². The number of rotatable bonds is 4. The minimum absolute atomic E-state index is 0.0593. The summed E-state index contributed by atoms with van der Waals surface area (Å²) < 4.78 is 37.9. The number of halogens is 4. The first-order chi connectivity index (χ1) is 9.73. The van der Waals surface area contributed by atoms with Crippen LogP contribution in [0.4, 0.5) is 18.9 Å². The van der Waals surface area contributed by atoms with E-state index in [2.05, 4.69) is 20.9 Å². The number of guanidine groups is 1. The van der Waals surface area contributed by atoms with Gasteiger partial charge < -0.3 is 10.6 Å². The number of nitrogens with two attached hydrogens (primary N) is 1. The summed E-state index contributed by atoms with van der Waals surface area (Å²) in [6.07, 6.45) is -4.48. The fraction of sp³-hybridized carbons (Fsp3) is 0.500. The van der Waals surface area contributed by atoms with E-state index in [1.807, 2.05) is 36.1 Å². The number of nitrogens with zero attached hydrogens (tertiary/aromatic N) is 2. The highest BCUT2D eigenvalue weighted by molar-refractivity contribution is 9.10. The van der Waals surface area contributed by atoms with Gasteiger partial charge in [-0.1, -0.05) is 12.1 Å². The molecule has 0 fully saturated rings. The van der Waals surface area contributed by atoms with Crippen molar-refractivity contribution in [1.29, 1.82) is 0 Å². The second-order valence-corrected chi connectivity index (χ2v) is 6.28. The molecular formula is C14H17BrF3N3. The van der Waals surface area contributed by atoms with E-state index in [9.17, 15) is 13.2 Å². The number of para-hydroxylation sites is 1. The summed E-state index contributed by atoms with van der Waals surface area (Å²) in [5, 5.41) is 0. The summed E-state index contributed by atoms with van der Waals surface area (Å²) in [7, 11) is 0. The molecule has 0 saturated heterocycles. The van der Waals surface area contributed by atoms with Crippen molar-refractivity contribution in [2.45, 2.75) is 37.9 Å². The average Bonchev–Trinajstić information content (AvgIpc) is 2.65. The van der Waals surface area contributed by atoms with Gasteiger partial charge in [-0.05, 0) is 47.8 Å². The van der Waals surface area contributed by atoms with Crippen LogP contribution in [0.2, 0.25) is 0 Å². The molecule has 0 saturated carbocycles. The van der Waals surface area contributed by atoms with Gasteiger partial charge in [0.25, 0.3) is 0 Å². The third-order valence-corrected chi connectivity index (χ3v) is 4.29. The van der Waals surface area contributed by atoms with Crippen LogP contribution < -0.4 is 10.6 Å². The lowest BCUT2D eigenvalue weighted by Gasteiger charge is -2.37. The predicted octanol–water partition coefficient (Wildman–Crippen LogP) is 4.08. The topological polar surface area (TPSA) is 41.6 Å². The first-order valence-electron chi connectivity index (χ1n) is 6.64. The van der Waals surface area contributed by atoms with E-state index in [0.717, 1.165) is 10.2 Å². The molecule has 0 amide bonds. The van der Waals surface area contributed by atoms with Crippen LogP contribution >= 0.6 is 15.9 Å². The van der Waals surface area contributed by atoms with E-state index >= 15 is 0 Å². The average molecular weight is 364 g/mol. The molecule has 116 valence electrons. The minimum Gasteiger partial charge on any atom is -0.369 e. The molecule has 2 N–H and O–H groups in total. The first kappa shape index (κ1) is 16.1. The molecule has 1 aliphatic rings. The number of anilines is 1. The molecule has 3 nitrogen and oxygen atoms in total. The molecule has 1 heterocycles. The molecule has 7 heteroatoms. The summed E-state index contributed by atoms with van der Waals surface area (Å²) in [5.74, 6) is 0.344. The van der Waals surface area contributed by atoms with E-state index in [1.54, 1.807) is 0 Å². The SMILES string of the molecule is CC1(CCCC(F)(F)F)CN=C(N)N1c1ccccc1Br. The molecule has 0 radical (unpaired) electrons. The third-order valence-electron chi connectivity index (χ3n) is 3.62. The molecular weight excluding hydrogens is 347 g/mol. The summed E-state index contributed by atoms with van der Waals surface area (Å²) in [4.78, 5) is 6.05. The van der Waals surface area contributed by atoms with Crippen molar-refractivity contribution in [2.24, 2.45) is 10.7 Å². The second kappa shape index (κ2) is 5.87. The maximum absolute atomic E-state index is 12.3. The molecule has 2 rings (SSSR count). The Balaban J connectivity index is 2.17. The zero-order valence-corrected chi connectivity index (χ0v) is 13.2. The van der Waals surface area contributed by atoms with Crippen LogP contribution in [-0.2, 0) is 0 Å². The number of hydrogen-bond donors (Lipinski definition) is 1. The van der Waals surface area contributed by atoms with Gasteiger partial charge in [0.05, 0.1) is 17.8 Å². The van der Waals surface area contributed by atoms with Crippen molar-refractivity contribution in [1.82, 2.24) is 0 Å². The van der Waals surface area contributed by atoms with Crippen LogP contribution in [0.15, 0.2) is 33.7 Å². The highest BCUT2D eigenvalue weighted by Crippen LogP contribution is 2.37. The Morgan fingerprint density at radius 1 is 1.38 bits per heavy atom. The fourth-order valence-electron chi connectivity index (χ4n) is 2.58. The summed E-state index contributed by atoms with van der Waals surface area (Å²) in [6, 6.07) is 7.48. The molecule has 0 bridgehead atoms. The van der Waals surface area contributed by atoms with Crippen LogP contribution in [0.25, 0.3) is 0 Å². The number of aliphatic imine (C=N–C) groups is 1. The molecule has 1 unspecified atom stereocenters. The van der Waals surface area contributed by atoms with E-state index < -0.39 is 18.1 Å². The van der Waals surface area contributed by atoms with Crippen LogP contribution in [-0.4, -0.2) is 24.2 Å². The van der Waals surface area contributed by atoms with Gasteiger partial charge in [-0.3, -0.25) is 4.99 Å². The van der Waals surface area contributed by atoms with E-state index in [0.29, 0.717) is 18.9 Å². The molecule has 1 atom stereocenters. The Hall–Kier alpha value is -1.24. The van der Waals surface area contributed by atoms with E-state index in [-0.39, 0.29) is 6.42 Å². The Morgan fingerprint density at radius 3 is 2.67 bits per heavy atom. The molecule has 0 spiro atoms. The van der Waals surface area contributed by atoms with Crippen molar-refractivity contribution < 1.29 is 13.2 Å². The quantitative estimate of drug-likeness (QED) is 0.875. The lowest BCUT2D eigenvalue weighted by Crippen LogP contribution is -2.50. The van der Waals surface area contributed by atoms with Crippen molar-refractivity contribution in [3.8, 4) is 0 Å². The molecule has 0 aliphatic carbocycles. The third kappa shape index (κ3) is 3.70. The number of benzene rings is 1. The van der Waals surface area contributed by atoms with Crippen LogP contribution in [0.5, 0.6) is 0 Å². The highest BCUT2D eigenvalue weighted by atomic mass is 79.9. The molecule has 1 aromatic rings. The summed E-state index contributed by atoms with van der Waals surface area (Å²) in [6.45, 7) is 2.30. The molecule has 1 aliphatic heterocycles. The van der Waals surface area contributed by atoms with Gasteiger partial charge >= 0.3 is 6.18 Å². The van der Waals surface area contributed by atoms with E-state index in [4.69, 9.17) is 5.73 Å². The van der Waals surface area contributed by atoms with Gasteiger partial charge in [0.15, 0.2) is 5.96 Å². The first-order valence-corrected chi connectivity index (χ1v) is 7.44. The predicted molar refractivity (Wildman–Crippen MR) is 81.4 cm³/mol. The largest absolute Gasteiger partial charge is 0.389 e. The van der Waals surface area contributed by atoms with Gasteiger partial charge in [0.1, 0.15) is 0 Å². The summed E-state index contributed by atoms with van der Waals surface area (Å²) in [5.41, 5.74) is 6.24. The normalized spacial score (nSPS) is 22.5. The number of alkyl halides is 3. The number of hydrogen-bond acceptors (Lipinski definition) is 3. The monoisotopic (exact) mass is 363 g/mol. The Kier molecular flexibility index (Phi) is 4.51. The van der Waals surface area contributed by atoms with Crippen LogP contribution in [0.3, 0.4) is 0 Å². The van der Waals surface area contributed by atoms with Gasteiger partial charge in [-0.15, -0.1) is 0 Å². The second-order valence-electron chi connectivity index (χ2n) is 5.43. The lowest BCUT2D eigenvalue weighted by molar-refractivity contribution is -0.136. The maximum Gasteiger partial charge on any atom is 0.389 e. The zero-order valence-electron chi connectivity index (χ0n) is 11.6. The minimum atomic E-state index is -4.13. The maximum atomic E-state index is 12.3. The van der Waals surface area contributed by atoms with Crippen molar-refractivity contribution in [3.05, 3.63) is 28.7 Å². The van der Waals surface area contributed by atoms with Crippen LogP contribution in [0, 0.1) is 0 Å². The Morgan fingerprint density at radius 2 is 2.05 bits per heavy atom. The summed E-state index contributed by atoms with van der Waals surface area (Å²) >= 11 is 3.45. The molecule has 21 heavy (non-hydrogen) atoms. The van der Waals surface area contributed by atoms with Crippen molar-refractivity contribution in [3.63, 3.8) is 0 Å². The zero-order chi connectivity index (χ0) is 15.7. The van der Waals surface area contributed by atoms with Gasteiger partial charge in [0, 0.05) is 10.9 Å². The smallest absolute Gasteiger partial charge is 0.369 e. The van der Waals surface area contributed by atoms with Gasteiger partial charge in [0.2, 0.25) is 0 Å². The van der Waals surface area contributed by atoms with Crippen LogP contribution in [0.1, 0.15) is 26.2 Å². The fourth-order valence-corrected chi connectivity index (χ4v) is 3.04. The lowest BCUT2D eigenvalue weighted by atomic mass is 9.93. The molecule has 0 aromatic heterocycles. The highest BCUT2D eigenvalue weighted by Gasteiger charge is 2.40. The molecule has 1 aromatic carbocycles. The Bertz CT molecular complexity index is 545. The standard InChI is InChI=1S/C14H17BrF3N3/c1-13(7-4-8-14(16,17)18)9-20-12(19)21(13)11-6-3-2-5-10(11)15/h2-3,5-6H,4,7-9H2,1H3,(H2,19,20). The van der Waals surface area contributed by atoms with Gasteiger partial charge in [-0.25, -0.2) is 0 Å². The van der Waals surface area contributed by atoms with E-state index in [1.165, 1.54) is 0 Å². The van der Waals surface area contributed by atoms with Crippen molar-refractivity contribution in [2.75, 3.05) is 11.4 Å². The Labute approximate surface area is 130 Å². The van der Waals surface area contributed by atoms with Crippen molar-refractivity contribution >= 4 is 27.6 Å².